The van der Waals surface area contributed by atoms with Gasteiger partial charge >= 0.3 is 0 Å². The zero-order chi connectivity index (χ0) is 19.8. The zero-order valence-electron chi connectivity index (χ0n) is 15.4. The lowest BCUT2D eigenvalue weighted by atomic mass is 10.1. The summed E-state index contributed by atoms with van der Waals surface area (Å²) in [5.74, 6) is 0.795. The number of carbonyl (C=O) groups is 1. The number of anilines is 2. The van der Waals surface area contributed by atoms with E-state index in [2.05, 4.69) is 10.3 Å². The van der Waals surface area contributed by atoms with Crippen molar-refractivity contribution in [2.75, 3.05) is 5.32 Å². The molecule has 2 aromatic carbocycles. The number of amides is 1. The van der Waals surface area contributed by atoms with Gasteiger partial charge in [0.15, 0.2) is 5.82 Å². The van der Waals surface area contributed by atoms with Crippen molar-refractivity contribution < 1.29 is 9.18 Å². The minimum atomic E-state index is -0.320. The average Bonchev–Trinajstić information content (AvgIpc) is 3.01. The second-order valence-electron chi connectivity index (χ2n) is 6.90. The van der Waals surface area contributed by atoms with Gasteiger partial charge in [0.25, 0.3) is 5.91 Å². The predicted molar refractivity (Wildman–Crippen MR) is 109 cm³/mol. The number of hydrogen-bond acceptors (Lipinski definition) is 3. The Labute approximate surface area is 166 Å². The van der Waals surface area contributed by atoms with Crippen LogP contribution >= 0.6 is 11.6 Å². The highest BCUT2D eigenvalue weighted by Gasteiger charge is 2.28. The van der Waals surface area contributed by atoms with Crippen LogP contribution in [0.5, 0.6) is 0 Å². The molecule has 0 bridgehead atoms. The van der Waals surface area contributed by atoms with Crippen molar-refractivity contribution in [2.45, 2.75) is 20.4 Å². The number of halogens is 2. The van der Waals surface area contributed by atoms with Crippen LogP contribution in [-0.4, -0.2) is 21.2 Å². The molecule has 2 heterocycles. The van der Waals surface area contributed by atoms with Crippen molar-refractivity contribution in [1.82, 2.24) is 9.55 Å². The molecule has 1 aromatic heterocycles. The van der Waals surface area contributed by atoms with Crippen molar-refractivity contribution in [3.8, 4) is 11.3 Å². The summed E-state index contributed by atoms with van der Waals surface area (Å²) in [6.45, 7) is 4.04. The SMILES string of the molecule is CC(C)C1=NC(=O)Cn2c1nc(-c1ccc(F)cc1)c2Nc1ccc(Cl)cc1. The zero-order valence-corrected chi connectivity index (χ0v) is 16.2. The van der Waals surface area contributed by atoms with Gasteiger partial charge in [-0.3, -0.25) is 9.36 Å². The van der Waals surface area contributed by atoms with Gasteiger partial charge in [0.05, 0.1) is 5.71 Å². The van der Waals surface area contributed by atoms with Gasteiger partial charge < -0.3 is 5.32 Å². The van der Waals surface area contributed by atoms with E-state index in [-0.39, 0.29) is 24.2 Å². The minimum absolute atomic E-state index is 0.0369. The summed E-state index contributed by atoms with van der Waals surface area (Å²) in [6, 6.07) is 13.4. The van der Waals surface area contributed by atoms with Crippen LogP contribution in [0.15, 0.2) is 53.5 Å². The summed E-state index contributed by atoms with van der Waals surface area (Å²) in [4.78, 5) is 21.2. The summed E-state index contributed by atoms with van der Waals surface area (Å²) in [5.41, 5.74) is 2.82. The van der Waals surface area contributed by atoms with Gasteiger partial charge in [-0.1, -0.05) is 25.4 Å². The van der Waals surface area contributed by atoms with Gasteiger partial charge in [0.1, 0.15) is 23.9 Å². The summed E-state index contributed by atoms with van der Waals surface area (Å²) < 4.78 is 15.2. The van der Waals surface area contributed by atoms with Crippen LogP contribution < -0.4 is 5.32 Å². The van der Waals surface area contributed by atoms with Crippen LogP contribution in [-0.2, 0) is 11.3 Å². The van der Waals surface area contributed by atoms with E-state index >= 15 is 0 Å². The largest absolute Gasteiger partial charge is 0.340 e. The summed E-state index contributed by atoms with van der Waals surface area (Å²) in [6.07, 6.45) is 0. The number of nitrogens with zero attached hydrogens (tertiary/aromatic N) is 3. The molecule has 3 aromatic rings. The molecule has 0 saturated carbocycles. The quantitative estimate of drug-likeness (QED) is 0.669. The smallest absolute Gasteiger partial charge is 0.266 e. The van der Waals surface area contributed by atoms with Crippen molar-refractivity contribution in [1.29, 1.82) is 0 Å². The second kappa shape index (κ2) is 7.20. The maximum atomic E-state index is 13.4. The molecule has 0 aliphatic carbocycles. The van der Waals surface area contributed by atoms with E-state index in [1.54, 1.807) is 24.3 Å². The van der Waals surface area contributed by atoms with E-state index in [0.29, 0.717) is 28.1 Å². The normalized spacial score (nSPS) is 13.5. The Kier molecular flexibility index (Phi) is 4.73. The van der Waals surface area contributed by atoms with Crippen molar-refractivity contribution in [3.05, 3.63) is 65.2 Å². The molecule has 1 aliphatic rings. The van der Waals surface area contributed by atoms with Gasteiger partial charge in [-0.05, 0) is 54.4 Å². The van der Waals surface area contributed by atoms with E-state index in [9.17, 15) is 9.18 Å². The number of benzene rings is 2. The Hall–Kier alpha value is -2.99. The minimum Gasteiger partial charge on any atom is -0.340 e. The molecule has 142 valence electrons. The molecule has 1 N–H and O–H groups in total. The third-order valence-corrected chi connectivity index (χ3v) is 4.76. The van der Waals surface area contributed by atoms with E-state index < -0.39 is 0 Å². The highest BCUT2D eigenvalue weighted by molar-refractivity contribution is 6.30. The number of imidazole rings is 1. The standard InChI is InChI=1S/C21H18ClFN4O/c1-12(2)18-20-26-19(13-3-7-15(23)8-4-13)21(27(20)11-17(28)25-18)24-16-9-5-14(22)6-10-16/h3-10,12,24H,11H2,1-2H3. The van der Waals surface area contributed by atoms with Crippen LogP contribution in [0.1, 0.15) is 19.7 Å². The molecule has 0 spiro atoms. The average molecular weight is 397 g/mol. The number of carbonyl (C=O) groups excluding carboxylic acids is 1. The number of aliphatic imine (C=N–C) groups is 1. The Morgan fingerprint density at radius 3 is 2.43 bits per heavy atom. The van der Waals surface area contributed by atoms with Crippen molar-refractivity contribution in [3.63, 3.8) is 0 Å². The Balaban J connectivity index is 1.88. The summed E-state index contributed by atoms with van der Waals surface area (Å²) in [7, 11) is 0. The fourth-order valence-corrected chi connectivity index (χ4v) is 3.28. The van der Waals surface area contributed by atoms with Gasteiger partial charge in [0.2, 0.25) is 0 Å². The molecule has 0 unspecified atom stereocenters. The molecule has 0 atom stereocenters. The van der Waals surface area contributed by atoms with Crippen molar-refractivity contribution >= 4 is 34.7 Å². The highest BCUT2D eigenvalue weighted by Crippen LogP contribution is 2.34. The fourth-order valence-electron chi connectivity index (χ4n) is 3.15. The molecule has 0 fully saturated rings. The number of nitrogens with one attached hydrogen (secondary N) is 1. The molecular weight excluding hydrogens is 379 g/mol. The van der Waals surface area contributed by atoms with Crippen LogP contribution in [0.3, 0.4) is 0 Å². The lowest BCUT2D eigenvalue weighted by molar-refractivity contribution is -0.118. The van der Waals surface area contributed by atoms with Crippen LogP contribution in [0, 0.1) is 11.7 Å². The van der Waals surface area contributed by atoms with Crippen LogP contribution in [0.25, 0.3) is 11.3 Å². The number of aromatic nitrogens is 2. The first kappa shape index (κ1) is 18.4. The maximum absolute atomic E-state index is 13.4. The van der Waals surface area contributed by atoms with Crippen LogP contribution in [0.4, 0.5) is 15.9 Å². The monoisotopic (exact) mass is 396 g/mol. The van der Waals surface area contributed by atoms with Crippen LogP contribution in [0.2, 0.25) is 5.02 Å². The third kappa shape index (κ3) is 3.43. The first-order valence-corrected chi connectivity index (χ1v) is 9.31. The topological polar surface area (TPSA) is 59.3 Å². The molecule has 0 radical (unpaired) electrons. The lowest BCUT2D eigenvalue weighted by Gasteiger charge is -2.18. The maximum Gasteiger partial charge on any atom is 0.266 e. The number of fused-ring (bicyclic) bond motifs is 1. The van der Waals surface area contributed by atoms with Gasteiger partial charge in [0, 0.05) is 16.3 Å². The summed E-state index contributed by atoms with van der Waals surface area (Å²) in [5, 5.41) is 3.97. The fraction of sp³-hybridized carbons (Fsp3) is 0.190. The second-order valence-corrected chi connectivity index (χ2v) is 7.34. The van der Waals surface area contributed by atoms with E-state index in [0.717, 1.165) is 11.3 Å². The van der Waals surface area contributed by atoms with Gasteiger partial charge in [-0.2, -0.15) is 0 Å². The molecule has 28 heavy (non-hydrogen) atoms. The van der Waals surface area contributed by atoms with Gasteiger partial charge in [-0.15, -0.1) is 0 Å². The van der Waals surface area contributed by atoms with Crippen molar-refractivity contribution in [2.24, 2.45) is 10.9 Å². The Morgan fingerprint density at radius 2 is 1.79 bits per heavy atom. The number of hydrogen-bond donors (Lipinski definition) is 1. The predicted octanol–water partition coefficient (Wildman–Crippen LogP) is 5.07. The molecule has 1 amide bonds. The first-order chi connectivity index (χ1) is 13.4. The first-order valence-electron chi connectivity index (χ1n) is 8.93. The van der Waals surface area contributed by atoms with Gasteiger partial charge in [-0.25, -0.2) is 14.4 Å². The third-order valence-electron chi connectivity index (χ3n) is 4.51. The lowest BCUT2D eigenvalue weighted by Crippen LogP contribution is -2.26. The molecule has 4 rings (SSSR count). The Morgan fingerprint density at radius 1 is 1.11 bits per heavy atom. The Bertz CT molecular complexity index is 1070. The molecular formula is C21H18ClFN4O. The van der Waals surface area contributed by atoms with E-state index in [4.69, 9.17) is 16.6 Å². The molecule has 5 nitrogen and oxygen atoms in total. The summed E-state index contributed by atoms with van der Waals surface area (Å²) >= 11 is 5.98. The highest BCUT2D eigenvalue weighted by atomic mass is 35.5. The molecule has 7 heteroatoms. The number of rotatable bonds is 4. The van der Waals surface area contributed by atoms with E-state index in [1.165, 1.54) is 12.1 Å². The van der Waals surface area contributed by atoms with E-state index in [1.807, 2.05) is 30.5 Å². The molecule has 1 aliphatic heterocycles. The molecule has 0 saturated heterocycles.